The molecule has 0 heterocycles. The maximum atomic E-state index is 11.3. The van der Waals surface area contributed by atoms with Crippen LogP contribution in [-0.2, 0) is 4.79 Å². The predicted molar refractivity (Wildman–Crippen MR) is 67.8 cm³/mol. The van der Waals surface area contributed by atoms with Gasteiger partial charge < -0.3 is 15.8 Å². The van der Waals surface area contributed by atoms with Crippen molar-refractivity contribution < 1.29 is 9.53 Å². The number of benzene rings is 1. The van der Waals surface area contributed by atoms with E-state index in [2.05, 4.69) is 5.32 Å². The van der Waals surface area contributed by atoms with Crippen molar-refractivity contribution in [2.24, 2.45) is 5.73 Å². The Morgan fingerprint density at radius 1 is 1.29 bits per heavy atom. The van der Waals surface area contributed by atoms with Gasteiger partial charge in [-0.1, -0.05) is 30.4 Å². The summed E-state index contributed by atoms with van der Waals surface area (Å²) in [5.74, 6) is 0.755. The molecule has 0 aliphatic heterocycles. The van der Waals surface area contributed by atoms with Crippen LogP contribution in [0, 0.1) is 0 Å². The highest BCUT2D eigenvalue weighted by molar-refractivity contribution is 5.76. The highest BCUT2D eigenvalue weighted by Gasteiger charge is 1.99. The number of carbonyl (C=O) groups is 1. The number of nitrogens with one attached hydrogen (secondary N) is 1. The zero-order valence-corrected chi connectivity index (χ0v) is 9.76. The molecule has 0 saturated heterocycles. The number of nitrogens with two attached hydrogens (primary N) is 1. The van der Waals surface area contributed by atoms with Crippen molar-refractivity contribution in [3.63, 3.8) is 0 Å². The van der Waals surface area contributed by atoms with Crippen LogP contribution in [0.1, 0.15) is 6.42 Å². The van der Waals surface area contributed by atoms with Gasteiger partial charge in [0.1, 0.15) is 5.75 Å². The number of hydrogen-bond donors (Lipinski definition) is 2. The SMILES string of the molecule is NC/C=C/CNC(=O)CCOc1ccccc1. The van der Waals surface area contributed by atoms with Gasteiger partial charge >= 0.3 is 0 Å². The molecule has 0 aliphatic rings. The van der Waals surface area contributed by atoms with Gasteiger partial charge in [-0.3, -0.25) is 4.79 Å². The van der Waals surface area contributed by atoms with E-state index in [4.69, 9.17) is 10.5 Å². The Labute approximate surface area is 101 Å². The molecule has 1 amide bonds. The van der Waals surface area contributed by atoms with Crippen molar-refractivity contribution >= 4 is 5.91 Å². The molecule has 0 aromatic heterocycles. The van der Waals surface area contributed by atoms with Gasteiger partial charge in [0.2, 0.25) is 5.91 Å². The first-order chi connectivity index (χ1) is 8.33. The molecule has 0 radical (unpaired) electrons. The van der Waals surface area contributed by atoms with E-state index in [9.17, 15) is 4.79 Å². The molecular formula is C13H18N2O2. The van der Waals surface area contributed by atoms with Gasteiger partial charge in [0.05, 0.1) is 13.0 Å². The summed E-state index contributed by atoms with van der Waals surface area (Å²) in [4.78, 5) is 11.3. The lowest BCUT2D eigenvalue weighted by molar-refractivity contribution is -0.121. The predicted octanol–water partition coefficient (Wildman–Crippen LogP) is 1.09. The molecule has 0 fully saturated rings. The minimum Gasteiger partial charge on any atom is -0.493 e. The topological polar surface area (TPSA) is 64.3 Å². The summed E-state index contributed by atoms with van der Waals surface area (Å²) >= 11 is 0. The Balaban J connectivity index is 2.10. The van der Waals surface area contributed by atoms with Gasteiger partial charge in [0.25, 0.3) is 0 Å². The van der Waals surface area contributed by atoms with Crippen molar-refractivity contribution in [1.82, 2.24) is 5.32 Å². The maximum absolute atomic E-state index is 11.3. The summed E-state index contributed by atoms with van der Waals surface area (Å²) in [6.45, 7) is 1.39. The van der Waals surface area contributed by atoms with E-state index in [1.165, 1.54) is 0 Å². The smallest absolute Gasteiger partial charge is 0.223 e. The summed E-state index contributed by atoms with van der Waals surface area (Å²) in [5.41, 5.74) is 5.27. The molecule has 0 bridgehead atoms. The molecule has 0 spiro atoms. The molecule has 4 heteroatoms. The van der Waals surface area contributed by atoms with Crippen LogP contribution in [0.25, 0.3) is 0 Å². The quantitative estimate of drug-likeness (QED) is 0.694. The summed E-state index contributed by atoms with van der Waals surface area (Å²) in [6, 6.07) is 9.44. The van der Waals surface area contributed by atoms with Gasteiger partial charge in [0, 0.05) is 13.1 Å². The molecule has 0 aliphatic carbocycles. The van der Waals surface area contributed by atoms with E-state index in [1.807, 2.05) is 36.4 Å². The fourth-order valence-corrected chi connectivity index (χ4v) is 1.22. The van der Waals surface area contributed by atoms with Gasteiger partial charge in [-0.05, 0) is 12.1 Å². The van der Waals surface area contributed by atoms with Crippen molar-refractivity contribution in [1.29, 1.82) is 0 Å². The van der Waals surface area contributed by atoms with Crippen LogP contribution in [0.15, 0.2) is 42.5 Å². The molecule has 1 rings (SSSR count). The first kappa shape index (κ1) is 13.3. The highest BCUT2D eigenvalue weighted by Crippen LogP contribution is 2.08. The van der Waals surface area contributed by atoms with Crippen molar-refractivity contribution in [3.05, 3.63) is 42.5 Å². The standard InChI is InChI=1S/C13H18N2O2/c14-9-4-5-10-15-13(16)8-11-17-12-6-2-1-3-7-12/h1-7H,8-11,14H2,(H,15,16)/b5-4+. The molecular weight excluding hydrogens is 216 g/mol. The van der Waals surface area contributed by atoms with Crippen molar-refractivity contribution in [2.75, 3.05) is 19.7 Å². The van der Waals surface area contributed by atoms with Crippen LogP contribution in [0.5, 0.6) is 5.75 Å². The number of para-hydroxylation sites is 1. The van der Waals surface area contributed by atoms with E-state index in [0.717, 1.165) is 5.75 Å². The molecule has 17 heavy (non-hydrogen) atoms. The Morgan fingerprint density at radius 3 is 2.76 bits per heavy atom. The fourth-order valence-electron chi connectivity index (χ4n) is 1.22. The van der Waals surface area contributed by atoms with Crippen LogP contribution in [0.3, 0.4) is 0 Å². The third kappa shape index (κ3) is 6.37. The number of amides is 1. The highest BCUT2D eigenvalue weighted by atomic mass is 16.5. The van der Waals surface area contributed by atoms with Crippen LogP contribution < -0.4 is 15.8 Å². The Bertz CT molecular complexity index is 350. The zero-order valence-electron chi connectivity index (χ0n) is 9.76. The van der Waals surface area contributed by atoms with Crippen LogP contribution in [0.4, 0.5) is 0 Å². The Hall–Kier alpha value is -1.81. The molecule has 1 aromatic rings. The second-order valence-corrected chi connectivity index (χ2v) is 3.42. The number of carbonyl (C=O) groups excluding carboxylic acids is 1. The lowest BCUT2D eigenvalue weighted by Gasteiger charge is -2.05. The van der Waals surface area contributed by atoms with Crippen molar-refractivity contribution in [2.45, 2.75) is 6.42 Å². The fraction of sp³-hybridized carbons (Fsp3) is 0.308. The molecule has 0 atom stereocenters. The third-order valence-corrected chi connectivity index (χ3v) is 2.06. The number of hydrogen-bond acceptors (Lipinski definition) is 3. The lowest BCUT2D eigenvalue weighted by atomic mass is 10.3. The minimum absolute atomic E-state index is 0.0254. The average molecular weight is 234 g/mol. The first-order valence-electron chi connectivity index (χ1n) is 5.62. The monoisotopic (exact) mass is 234 g/mol. The minimum atomic E-state index is -0.0254. The normalized spacial score (nSPS) is 10.4. The van der Waals surface area contributed by atoms with Crippen molar-refractivity contribution in [3.8, 4) is 5.75 Å². The maximum Gasteiger partial charge on any atom is 0.223 e. The first-order valence-corrected chi connectivity index (χ1v) is 5.62. The number of rotatable bonds is 7. The molecule has 1 aromatic carbocycles. The van der Waals surface area contributed by atoms with Gasteiger partial charge in [-0.15, -0.1) is 0 Å². The van der Waals surface area contributed by atoms with E-state index in [0.29, 0.717) is 26.1 Å². The summed E-state index contributed by atoms with van der Waals surface area (Å²) in [7, 11) is 0. The molecule has 92 valence electrons. The second-order valence-electron chi connectivity index (χ2n) is 3.42. The van der Waals surface area contributed by atoms with E-state index < -0.39 is 0 Å². The summed E-state index contributed by atoms with van der Waals surface area (Å²) < 4.78 is 5.41. The van der Waals surface area contributed by atoms with E-state index >= 15 is 0 Å². The lowest BCUT2D eigenvalue weighted by Crippen LogP contribution is -2.25. The molecule has 3 N–H and O–H groups in total. The molecule has 0 unspecified atom stereocenters. The van der Waals surface area contributed by atoms with Gasteiger partial charge in [-0.2, -0.15) is 0 Å². The number of ether oxygens (including phenoxy) is 1. The third-order valence-electron chi connectivity index (χ3n) is 2.06. The Kier molecular flexibility index (Phi) is 6.51. The van der Waals surface area contributed by atoms with Crippen LogP contribution >= 0.6 is 0 Å². The average Bonchev–Trinajstić information content (AvgIpc) is 2.36. The van der Waals surface area contributed by atoms with Crippen LogP contribution in [-0.4, -0.2) is 25.6 Å². The Morgan fingerprint density at radius 2 is 2.06 bits per heavy atom. The van der Waals surface area contributed by atoms with E-state index in [-0.39, 0.29) is 5.91 Å². The zero-order chi connectivity index (χ0) is 12.3. The summed E-state index contributed by atoms with van der Waals surface area (Å²) in [5, 5.41) is 2.74. The second kappa shape index (κ2) is 8.35. The summed E-state index contributed by atoms with van der Waals surface area (Å²) in [6.07, 6.45) is 3.99. The molecule has 0 saturated carbocycles. The largest absolute Gasteiger partial charge is 0.493 e. The molecule has 4 nitrogen and oxygen atoms in total. The van der Waals surface area contributed by atoms with E-state index in [1.54, 1.807) is 6.08 Å². The van der Waals surface area contributed by atoms with Crippen LogP contribution in [0.2, 0.25) is 0 Å². The van der Waals surface area contributed by atoms with Gasteiger partial charge in [0.15, 0.2) is 0 Å². The van der Waals surface area contributed by atoms with Gasteiger partial charge in [-0.25, -0.2) is 0 Å².